The van der Waals surface area contributed by atoms with Gasteiger partial charge in [0.25, 0.3) is 10.0 Å². The average Bonchev–Trinajstić information content (AvgIpc) is 2.75. The van der Waals surface area contributed by atoms with Crippen LogP contribution >= 0.6 is 0 Å². The van der Waals surface area contributed by atoms with Gasteiger partial charge in [0.1, 0.15) is 11.9 Å². The van der Waals surface area contributed by atoms with E-state index in [1.807, 2.05) is 6.07 Å². The summed E-state index contributed by atoms with van der Waals surface area (Å²) < 4.78 is 40.1. The van der Waals surface area contributed by atoms with E-state index in [1.54, 1.807) is 55.5 Å². The van der Waals surface area contributed by atoms with Crippen LogP contribution in [0.5, 0.6) is 0 Å². The molecule has 3 N–H and O–H groups in total. The predicted octanol–water partition coefficient (Wildman–Crippen LogP) is 3.94. The van der Waals surface area contributed by atoms with Crippen molar-refractivity contribution in [2.45, 2.75) is 17.9 Å². The maximum atomic E-state index is 13.0. The molecule has 0 aromatic heterocycles. The lowest BCUT2D eigenvalue weighted by molar-refractivity contribution is -0.116. The van der Waals surface area contributed by atoms with E-state index in [9.17, 15) is 17.6 Å². The standard InChI is InChI=1S/C22H19FN4O3S/c1-15(22(28)26-20-4-2-3-16(13-20)14-24)25-18-7-9-19(10-8-18)27-31(29,30)21-11-5-17(23)6-12-21/h2-13,15,25,27H,1H3,(H,26,28). The molecule has 158 valence electrons. The second-order valence-electron chi connectivity index (χ2n) is 6.68. The lowest BCUT2D eigenvalue weighted by Gasteiger charge is -2.16. The zero-order valence-electron chi connectivity index (χ0n) is 16.5. The number of nitrogens with one attached hydrogen (secondary N) is 3. The van der Waals surface area contributed by atoms with Crippen molar-refractivity contribution in [2.75, 3.05) is 15.4 Å². The minimum Gasteiger partial charge on any atom is -0.374 e. The normalized spacial score (nSPS) is 11.8. The van der Waals surface area contributed by atoms with Gasteiger partial charge in [-0.2, -0.15) is 5.26 Å². The molecule has 31 heavy (non-hydrogen) atoms. The maximum absolute atomic E-state index is 13.0. The molecule has 3 aromatic carbocycles. The van der Waals surface area contributed by atoms with Crippen molar-refractivity contribution in [2.24, 2.45) is 0 Å². The largest absolute Gasteiger partial charge is 0.374 e. The molecular weight excluding hydrogens is 419 g/mol. The Balaban J connectivity index is 1.61. The van der Waals surface area contributed by atoms with Gasteiger partial charge in [-0.3, -0.25) is 9.52 Å². The van der Waals surface area contributed by atoms with Crippen LogP contribution in [0.4, 0.5) is 21.5 Å². The smallest absolute Gasteiger partial charge is 0.261 e. The van der Waals surface area contributed by atoms with Crippen LogP contribution in [0.15, 0.2) is 77.7 Å². The minimum atomic E-state index is -3.84. The summed E-state index contributed by atoms with van der Waals surface area (Å²) in [5.74, 6) is -0.818. The number of rotatable bonds is 7. The molecule has 9 heteroatoms. The Morgan fingerprint density at radius 3 is 2.26 bits per heavy atom. The molecule has 1 amide bonds. The number of hydrogen-bond acceptors (Lipinski definition) is 5. The van der Waals surface area contributed by atoms with Crippen molar-refractivity contribution in [3.05, 3.63) is 84.2 Å². The van der Waals surface area contributed by atoms with Crippen LogP contribution in [-0.2, 0) is 14.8 Å². The van der Waals surface area contributed by atoms with Crippen LogP contribution in [0.3, 0.4) is 0 Å². The highest BCUT2D eigenvalue weighted by Gasteiger charge is 2.15. The first-order valence-electron chi connectivity index (χ1n) is 9.23. The molecule has 0 saturated heterocycles. The highest BCUT2D eigenvalue weighted by Crippen LogP contribution is 2.19. The molecule has 0 bridgehead atoms. The first-order valence-corrected chi connectivity index (χ1v) is 10.7. The molecule has 0 aliphatic heterocycles. The van der Waals surface area contributed by atoms with Crippen molar-refractivity contribution in [1.29, 1.82) is 5.26 Å². The number of nitriles is 1. The number of amides is 1. The molecule has 0 aliphatic carbocycles. The Kier molecular flexibility index (Phi) is 6.52. The van der Waals surface area contributed by atoms with Crippen LogP contribution in [0.2, 0.25) is 0 Å². The average molecular weight is 438 g/mol. The van der Waals surface area contributed by atoms with Crippen LogP contribution < -0.4 is 15.4 Å². The molecular formula is C22H19FN4O3S. The minimum absolute atomic E-state index is 0.0538. The van der Waals surface area contributed by atoms with Gasteiger partial charge >= 0.3 is 0 Å². The lowest BCUT2D eigenvalue weighted by atomic mass is 10.2. The first-order chi connectivity index (χ1) is 14.8. The van der Waals surface area contributed by atoms with Gasteiger partial charge in [-0.05, 0) is 73.7 Å². The van der Waals surface area contributed by atoms with Gasteiger partial charge in [-0.15, -0.1) is 0 Å². The van der Waals surface area contributed by atoms with E-state index >= 15 is 0 Å². The van der Waals surface area contributed by atoms with Crippen molar-refractivity contribution >= 4 is 33.0 Å². The second-order valence-corrected chi connectivity index (χ2v) is 8.37. The van der Waals surface area contributed by atoms with Gasteiger partial charge < -0.3 is 10.6 Å². The third kappa shape index (κ3) is 5.81. The topological polar surface area (TPSA) is 111 Å². The Morgan fingerprint density at radius 2 is 1.61 bits per heavy atom. The van der Waals surface area contributed by atoms with Gasteiger partial charge in [0, 0.05) is 17.1 Å². The van der Waals surface area contributed by atoms with Crippen LogP contribution in [0.25, 0.3) is 0 Å². The lowest BCUT2D eigenvalue weighted by Crippen LogP contribution is -2.31. The van der Waals surface area contributed by atoms with E-state index in [0.717, 1.165) is 12.1 Å². The van der Waals surface area contributed by atoms with Crippen molar-refractivity contribution < 1.29 is 17.6 Å². The van der Waals surface area contributed by atoms with E-state index in [1.165, 1.54) is 12.1 Å². The summed E-state index contributed by atoms with van der Waals surface area (Å²) in [7, 11) is -3.84. The molecule has 0 fully saturated rings. The third-order valence-electron chi connectivity index (χ3n) is 4.30. The molecule has 0 spiro atoms. The number of benzene rings is 3. The summed E-state index contributed by atoms with van der Waals surface area (Å²) in [6, 6.07) is 18.9. The predicted molar refractivity (Wildman–Crippen MR) is 117 cm³/mol. The summed E-state index contributed by atoms with van der Waals surface area (Å²) in [5, 5.41) is 14.7. The van der Waals surface area contributed by atoms with Gasteiger partial charge in [0.05, 0.1) is 16.5 Å². The fourth-order valence-electron chi connectivity index (χ4n) is 2.69. The number of nitrogens with zero attached hydrogens (tertiary/aromatic N) is 1. The SMILES string of the molecule is CC(Nc1ccc(NS(=O)(=O)c2ccc(F)cc2)cc1)C(=O)Nc1cccc(C#N)c1. The monoisotopic (exact) mass is 438 g/mol. The molecule has 3 rings (SSSR count). The van der Waals surface area contributed by atoms with Crippen molar-refractivity contribution in [3.63, 3.8) is 0 Å². The Bertz CT molecular complexity index is 1220. The number of carbonyl (C=O) groups is 1. The molecule has 0 radical (unpaired) electrons. The third-order valence-corrected chi connectivity index (χ3v) is 5.69. The highest BCUT2D eigenvalue weighted by molar-refractivity contribution is 7.92. The van der Waals surface area contributed by atoms with Crippen molar-refractivity contribution in [1.82, 2.24) is 0 Å². The van der Waals surface area contributed by atoms with Gasteiger partial charge in [0.15, 0.2) is 0 Å². The number of halogens is 1. The Hall–Kier alpha value is -3.90. The summed E-state index contributed by atoms with van der Waals surface area (Å²) >= 11 is 0. The summed E-state index contributed by atoms with van der Waals surface area (Å²) in [5.41, 5.74) is 1.89. The number of carbonyl (C=O) groups excluding carboxylic acids is 1. The molecule has 0 saturated carbocycles. The fourth-order valence-corrected chi connectivity index (χ4v) is 3.75. The second kappa shape index (κ2) is 9.28. The summed E-state index contributed by atoms with van der Waals surface area (Å²) in [6.45, 7) is 1.68. The molecule has 0 heterocycles. The van der Waals surface area contributed by atoms with E-state index in [-0.39, 0.29) is 10.8 Å². The number of hydrogen-bond donors (Lipinski definition) is 3. The number of anilines is 3. The van der Waals surface area contributed by atoms with E-state index in [0.29, 0.717) is 22.6 Å². The summed E-state index contributed by atoms with van der Waals surface area (Å²) in [6.07, 6.45) is 0. The number of sulfonamides is 1. The maximum Gasteiger partial charge on any atom is 0.261 e. The summed E-state index contributed by atoms with van der Waals surface area (Å²) in [4.78, 5) is 12.3. The molecule has 3 aromatic rings. The fraction of sp³-hybridized carbons (Fsp3) is 0.0909. The zero-order valence-corrected chi connectivity index (χ0v) is 17.3. The first kappa shape index (κ1) is 21.8. The van der Waals surface area contributed by atoms with Crippen LogP contribution in [-0.4, -0.2) is 20.4 Å². The van der Waals surface area contributed by atoms with Gasteiger partial charge in [0.2, 0.25) is 5.91 Å². The molecule has 1 unspecified atom stereocenters. The molecule has 1 atom stereocenters. The Morgan fingerprint density at radius 1 is 0.968 bits per heavy atom. The van der Waals surface area contributed by atoms with Gasteiger partial charge in [-0.25, -0.2) is 12.8 Å². The van der Waals surface area contributed by atoms with E-state index < -0.39 is 21.9 Å². The quantitative estimate of drug-likeness (QED) is 0.517. The van der Waals surface area contributed by atoms with Crippen molar-refractivity contribution in [3.8, 4) is 6.07 Å². The van der Waals surface area contributed by atoms with E-state index in [4.69, 9.17) is 5.26 Å². The highest BCUT2D eigenvalue weighted by atomic mass is 32.2. The molecule has 7 nitrogen and oxygen atoms in total. The Labute approximate surface area is 179 Å². The zero-order chi connectivity index (χ0) is 22.4. The van der Waals surface area contributed by atoms with Gasteiger partial charge in [-0.1, -0.05) is 6.07 Å². The van der Waals surface area contributed by atoms with E-state index in [2.05, 4.69) is 15.4 Å². The molecule has 0 aliphatic rings. The van der Waals surface area contributed by atoms with Crippen LogP contribution in [0.1, 0.15) is 12.5 Å². The van der Waals surface area contributed by atoms with Crippen LogP contribution in [0, 0.1) is 17.1 Å².